The molecule has 5 heterocycles. The summed E-state index contributed by atoms with van der Waals surface area (Å²) in [4.78, 5) is 111. The van der Waals surface area contributed by atoms with E-state index in [1.165, 1.54) is 6.08 Å². The molecule has 11 atom stereocenters. The van der Waals surface area contributed by atoms with Crippen molar-refractivity contribution in [3.8, 4) is 0 Å². The van der Waals surface area contributed by atoms with Gasteiger partial charge < -0.3 is 51.5 Å². The maximum Gasteiger partial charge on any atom is 0.327 e. The Labute approximate surface area is 374 Å². The second kappa shape index (κ2) is 18.2. The molecule has 0 aromatic heterocycles. The van der Waals surface area contributed by atoms with Gasteiger partial charge in [0.1, 0.15) is 0 Å². The van der Waals surface area contributed by atoms with Crippen molar-refractivity contribution < 1.29 is 79.2 Å². The number of carboxylic acids is 8. The molecule has 5 aliphatic rings. The molecule has 5 rings (SSSR count). The van der Waals surface area contributed by atoms with Gasteiger partial charge in [-0.05, 0) is 62.7 Å². The number of aliphatic imine (C=N–C) groups is 2. The monoisotopic (exact) mass is 912 g/mol. The first-order valence-corrected chi connectivity index (χ1v) is 21.6. The topological polar surface area (TPSA) is 347 Å². The zero-order valence-corrected chi connectivity index (χ0v) is 37.3. The van der Waals surface area contributed by atoms with Crippen molar-refractivity contribution >= 4 is 59.2 Å². The first-order chi connectivity index (χ1) is 30.0. The van der Waals surface area contributed by atoms with Crippen LogP contribution in [-0.4, -0.2) is 129 Å². The number of aliphatic carboxylic acids is 8. The molecule has 356 valence electrons. The van der Waals surface area contributed by atoms with Crippen LogP contribution in [0.5, 0.6) is 0 Å². The van der Waals surface area contributed by atoms with Gasteiger partial charge in [-0.1, -0.05) is 26.8 Å². The Balaban J connectivity index is 1.97. The van der Waals surface area contributed by atoms with Crippen LogP contribution in [0.1, 0.15) is 119 Å². The van der Waals surface area contributed by atoms with Crippen LogP contribution in [0.3, 0.4) is 0 Å². The summed E-state index contributed by atoms with van der Waals surface area (Å²) in [6.07, 6.45) is -2.08. The molecule has 0 aromatic rings. The molecule has 0 aliphatic carbocycles. The Morgan fingerprint density at radius 1 is 0.738 bits per heavy atom. The van der Waals surface area contributed by atoms with Crippen molar-refractivity contribution in [2.75, 3.05) is 0 Å². The minimum absolute atomic E-state index is 0.100. The van der Waals surface area contributed by atoms with Crippen LogP contribution >= 0.6 is 0 Å². The highest BCUT2D eigenvalue weighted by Crippen LogP contribution is 2.61. The molecule has 20 heteroatoms. The number of allylic oxidation sites excluding steroid dienone is 2. The van der Waals surface area contributed by atoms with E-state index >= 15 is 0 Å². The fourth-order valence-corrected chi connectivity index (χ4v) is 12.3. The average Bonchev–Trinajstić information content (AvgIpc) is 3.75. The van der Waals surface area contributed by atoms with Crippen LogP contribution in [0.15, 0.2) is 44.6 Å². The van der Waals surface area contributed by atoms with Crippen LogP contribution in [-0.2, 0) is 38.4 Å². The Morgan fingerprint density at radius 3 is 1.85 bits per heavy atom. The van der Waals surface area contributed by atoms with E-state index in [1.807, 2.05) is 0 Å². The van der Waals surface area contributed by atoms with Crippen LogP contribution in [0.25, 0.3) is 0 Å². The molecule has 0 amide bonds. The van der Waals surface area contributed by atoms with Gasteiger partial charge in [-0.15, -0.1) is 0 Å². The molecule has 5 aliphatic heterocycles. The lowest BCUT2D eigenvalue weighted by molar-refractivity contribution is -0.143. The number of hydrogen-bond donors (Lipinski definition) is 10. The molecule has 2 fully saturated rings. The van der Waals surface area contributed by atoms with E-state index in [4.69, 9.17) is 9.98 Å². The first-order valence-electron chi connectivity index (χ1n) is 21.6. The van der Waals surface area contributed by atoms with E-state index in [9.17, 15) is 79.2 Å². The Bertz CT molecular complexity index is 2230. The minimum atomic E-state index is -1.52. The van der Waals surface area contributed by atoms with Crippen molar-refractivity contribution in [2.45, 2.75) is 148 Å². The van der Waals surface area contributed by atoms with Crippen LogP contribution in [0.4, 0.5) is 0 Å². The molecule has 2 unspecified atom stereocenters. The van der Waals surface area contributed by atoms with Crippen molar-refractivity contribution in [2.24, 2.45) is 44.0 Å². The smallest absolute Gasteiger partial charge is 0.327 e. The largest absolute Gasteiger partial charge is 0.481 e. The van der Waals surface area contributed by atoms with E-state index in [2.05, 4.69) is 10.6 Å². The van der Waals surface area contributed by atoms with Crippen molar-refractivity contribution in [1.29, 1.82) is 0 Å². The third kappa shape index (κ3) is 9.44. The van der Waals surface area contributed by atoms with Crippen LogP contribution < -0.4 is 10.6 Å². The van der Waals surface area contributed by atoms with Gasteiger partial charge in [0.25, 0.3) is 0 Å². The summed E-state index contributed by atoms with van der Waals surface area (Å²) in [7, 11) is 0. The van der Waals surface area contributed by atoms with Crippen molar-refractivity contribution in [3.63, 3.8) is 0 Å². The molecule has 65 heavy (non-hydrogen) atoms. The number of nitrogens with zero attached hydrogens (tertiary/aromatic N) is 2. The number of rotatable bonds is 19. The Hall–Kier alpha value is -5.92. The van der Waals surface area contributed by atoms with E-state index in [1.54, 1.807) is 41.5 Å². The zero-order chi connectivity index (χ0) is 48.8. The fraction of sp³-hybridized carbons (Fsp3) is 0.644. The van der Waals surface area contributed by atoms with Crippen LogP contribution in [0, 0.1) is 34.0 Å². The highest BCUT2D eigenvalue weighted by molar-refractivity contribution is 6.06. The molecule has 0 spiro atoms. The summed E-state index contributed by atoms with van der Waals surface area (Å²) in [6.45, 7) is 9.98. The minimum Gasteiger partial charge on any atom is -0.481 e. The number of hydrogen-bond acceptors (Lipinski definition) is 12. The lowest BCUT2D eigenvalue weighted by atomic mass is 9.57. The van der Waals surface area contributed by atoms with Crippen molar-refractivity contribution in [3.05, 3.63) is 34.6 Å². The molecule has 0 saturated carbocycles. The molecular formula is C45H60N4O16. The average molecular weight is 913 g/mol. The lowest BCUT2D eigenvalue weighted by Crippen LogP contribution is -2.63. The summed E-state index contributed by atoms with van der Waals surface area (Å²) in [5.41, 5.74) is -5.38. The second-order valence-electron chi connectivity index (χ2n) is 19.6. The standard InChI is InChI=1S/C45H60N4O16/c1-21-38-24(9-12-32(54)55)43(4,20-37(64)65)45(6,49-38)40-26(16-35(60)61)41(2,14-13-33(56)57)29(47-40)17-27-22(7-10-30(50)51)25(15-34(58)59)44(5,48-27)18-28-23(8-11-31(52)53)42(3,19-36(62)63)39(21)46-28/h13-14,23-24,26,29,39-40,47,49H,7-12,15-20H2,1-6H3,(H,50,51)(H,52,53)(H,54,55)(H,56,57)(H,58,59)(H,60,61)(H,62,63)(H,64,65)/b14-13+,38-21-/t23?,24-,26+,29+,39?,40-,41-,42+,43+,44+,45+/m1/s1. The van der Waals surface area contributed by atoms with Gasteiger partial charge in [-0.3, -0.25) is 43.5 Å². The normalized spacial score (nSPS) is 36.3. The molecular weight excluding hydrogens is 853 g/mol. The van der Waals surface area contributed by atoms with Crippen LogP contribution in [0.2, 0.25) is 0 Å². The van der Waals surface area contributed by atoms with E-state index in [0.29, 0.717) is 22.6 Å². The quantitative estimate of drug-likeness (QED) is 0.0816. The van der Waals surface area contributed by atoms with Gasteiger partial charge in [-0.2, -0.15) is 0 Å². The summed E-state index contributed by atoms with van der Waals surface area (Å²) >= 11 is 0. The highest BCUT2D eigenvalue weighted by Gasteiger charge is 2.67. The van der Waals surface area contributed by atoms with Gasteiger partial charge in [0, 0.05) is 95.5 Å². The van der Waals surface area contributed by atoms with Gasteiger partial charge >= 0.3 is 47.8 Å². The van der Waals surface area contributed by atoms with E-state index < -0.39 is 156 Å². The lowest BCUT2D eigenvalue weighted by Gasteiger charge is -2.49. The number of nitrogens with one attached hydrogen (secondary N) is 2. The van der Waals surface area contributed by atoms with Crippen molar-refractivity contribution in [1.82, 2.24) is 10.6 Å². The number of carbonyl (C=O) groups is 8. The summed E-state index contributed by atoms with van der Waals surface area (Å²) in [5.74, 6) is -12.8. The summed E-state index contributed by atoms with van der Waals surface area (Å²) < 4.78 is 0. The first kappa shape index (κ1) is 50.1. The van der Waals surface area contributed by atoms with Gasteiger partial charge in [0.05, 0.1) is 42.8 Å². The third-order valence-corrected chi connectivity index (χ3v) is 15.5. The van der Waals surface area contributed by atoms with E-state index in [-0.39, 0.29) is 43.4 Å². The van der Waals surface area contributed by atoms with Gasteiger partial charge in [0.2, 0.25) is 0 Å². The predicted molar refractivity (Wildman–Crippen MR) is 229 cm³/mol. The number of fused-ring (bicyclic) bond motifs is 7. The zero-order valence-electron chi connectivity index (χ0n) is 37.3. The maximum absolute atomic E-state index is 13.1. The summed E-state index contributed by atoms with van der Waals surface area (Å²) in [6, 6.07) is -3.04. The molecule has 20 nitrogen and oxygen atoms in total. The van der Waals surface area contributed by atoms with Gasteiger partial charge in [-0.25, -0.2) is 4.79 Å². The molecule has 0 radical (unpaired) electrons. The summed E-state index contributed by atoms with van der Waals surface area (Å²) in [5, 5.41) is 89.0. The maximum atomic E-state index is 13.1. The predicted octanol–water partition coefficient (Wildman–Crippen LogP) is 4.09. The third-order valence-electron chi connectivity index (χ3n) is 15.5. The second-order valence-corrected chi connectivity index (χ2v) is 19.6. The Kier molecular flexibility index (Phi) is 14.0. The number of carboxylic acid groups (broad SMARTS) is 8. The Morgan fingerprint density at radius 2 is 1.32 bits per heavy atom. The van der Waals surface area contributed by atoms with E-state index in [0.717, 1.165) is 6.08 Å². The SMILES string of the molecule is C/C1=C2/N[C@@](C)([C@@H]3N[C@@H](CC4=N[C@@](C)(CC5=NC1[C@@](C)(CC(=O)O)C5CCC(=O)O)C(CC(=O)O)=C4CCC(=O)O)[C@](C)(/C=C/C(=O)O)[C@H]3CC(=O)O)[C@@](C)(CC(=O)O)[C@@H]2CCC(=O)O. The molecule has 10 N–H and O–H groups in total. The molecule has 8 bridgehead atoms. The fourth-order valence-electron chi connectivity index (χ4n) is 12.3. The molecule has 2 saturated heterocycles. The van der Waals surface area contributed by atoms with Gasteiger partial charge in [0.15, 0.2) is 0 Å². The highest BCUT2D eigenvalue weighted by atomic mass is 16.4. The molecule has 0 aromatic carbocycles.